The number of methoxy groups -OCH3 is 2. The number of hydrogen-bond acceptors (Lipinski definition) is 5. The van der Waals surface area contributed by atoms with Crippen LogP contribution in [0.25, 0.3) is 0 Å². The third kappa shape index (κ3) is 4.36. The highest BCUT2D eigenvalue weighted by molar-refractivity contribution is 5.42. The largest absolute Gasteiger partial charge is 0.493 e. The maximum atomic E-state index is 5.68. The second-order valence-corrected chi connectivity index (χ2v) is 4.66. The smallest absolute Gasteiger partial charge is 0.183 e. The summed E-state index contributed by atoms with van der Waals surface area (Å²) in [7, 11) is 3.28. The molecule has 5 nitrogen and oxygen atoms in total. The van der Waals surface area contributed by atoms with Crippen LogP contribution < -0.4 is 15.2 Å². The van der Waals surface area contributed by atoms with Crippen molar-refractivity contribution < 1.29 is 9.47 Å². The molecule has 1 atom stereocenters. The molecule has 0 aromatic carbocycles. The number of pyridine rings is 1. The normalized spacial score (nSPS) is 12.5. The van der Waals surface area contributed by atoms with Crippen LogP contribution in [-0.2, 0) is 6.54 Å². The predicted octanol–water partition coefficient (Wildman–Crippen LogP) is 1.52. The van der Waals surface area contributed by atoms with Crippen molar-refractivity contribution in [1.29, 1.82) is 0 Å². The Labute approximate surface area is 115 Å². The van der Waals surface area contributed by atoms with Gasteiger partial charge in [-0.05, 0) is 19.0 Å². The first-order chi connectivity index (χ1) is 9.15. The van der Waals surface area contributed by atoms with Crippen molar-refractivity contribution in [2.45, 2.75) is 20.4 Å². The first-order valence-electron chi connectivity index (χ1n) is 6.64. The fourth-order valence-electron chi connectivity index (χ4n) is 2.00. The van der Waals surface area contributed by atoms with Gasteiger partial charge < -0.3 is 15.2 Å². The Bertz CT molecular complexity index is 385. The van der Waals surface area contributed by atoms with Crippen molar-refractivity contribution in [3.63, 3.8) is 0 Å². The lowest BCUT2D eigenvalue weighted by molar-refractivity contribution is 0.235. The molecule has 1 aromatic rings. The molecular weight excluding hydrogens is 242 g/mol. The van der Waals surface area contributed by atoms with Crippen molar-refractivity contribution in [2.75, 3.05) is 33.9 Å². The third-order valence-corrected chi connectivity index (χ3v) is 3.16. The Balaban J connectivity index is 2.84. The zero-order valence-corrected chi connectivity index (χ0v) is 12.3. The van der Waals surface area contributed by atoms with E-state index in [1.165, 1.54) is 0 Å². The lowest BCUT2D eigenvalue weighted by Gasteiger charge is -2.24. The number of ether oxygens (including phenoxy) is 2. The lowest BCUT2D eigenvalue weighted by atomic mass is 10.1. The lowest BCUT2D eigenvalue weighted by Crippen LogP contribution is -2.31. The minimum atomic E-state index is 0.469. The molecule has 1 unspecified atom stereocenters. The monoisotopic (exact) mass is 267 g/mol. The first kappa shape index (κ1) is 15.7. The molecule has 5 heteroatoms. The van der Waals surface area contributed by atoms with Crippen LogP contribution in [-0.4, -0.2) is 43.7 Å². The average molecular weight is 267 g/mol. The van der Waals surface area contributed by atoms with Crippen LogP contribution in [0.3, 0.4) is 0 Å². The quantitative estimate of drug-likeness (QED) is 0.773. The Kier molecular flexibility index (Phi) is 6.59. The zero-order valence-electron chi connectivity index (χ0n) is 12.3. The molecule has 0 aliphatic carbocycles. The van der Waals surface area contributed by atoms with Gasteiger partial charge in [0.2, 0.25) is 0 Å². The van der Waals surface area contributed by atoms with Crippen molar-refractivity contribution in [2.24, 2.45) is 11.7 Å². The van der Waals surface area contributed by atoms with E-state index in [9.17, 15) is 0 Å². The van der Waals surface area contributed by atoms with Gasteiger partial charge in [-0.1, -0.05) is 13.8 Å². The third-order valence-electron chi connectivity index (χ3n) is 3.16. The fourth-order valence-corrected chi connectivity index (χ4v) is 2.00. The van der Waals surface area contributed by atoms with Gasteiger partial charge >= 0.3 is 0 Å². The van der Waals surface area contributed by atoms with Gasteiger partial charge in [-0.2, -0.15) is 0 Å². The van der Waals surface area contributed by atoms with Crippen molar-refractivity contribution in [3.05, 3.63) is 18.0 Å². The fraction of sp³-hybridized carbons (Fsp3) is 0.643. The second-order valence-electron chi connectivity index (χ2n) is 4.66. The summed E-state index contributed by atoms with van der Waals surface area (Å²) in [5, 5.41) is 0. The van der Waals surface area contributed by atoms with E-state index in [-0.39, 0.29) is 0 Å². The van der Waals surface area contributed by atoms with Crippen LogP contribution in [0.2, 0.25) is 0 Å². The minimum Gasteiger partial charge on any atom is -0.493 e. The SMILES string of the molecule is CCN(Cc1nccc(OC)c1OC)CC(C)CN. The molecule has 2 N–H and O–H groups in total. The van der Waals surface area contributed by atoms with Crippen LogP contribution in [0, 0.1) is 5.92 Å². The second kappa shape index (κ2) is 7.96. The summed E-state index contributed by atoms with van der Waals surface area (Å²) in [6.07, 6.45) is 1.75. The highest BCUT2D eigenvalue weighted by Gasteiger charge is 2.15. The molecule has 0 aliphatic heterocycles. The first-order valence-corrected chi connectivity index (χ1v) is 6.64. The maximum Gasteiger partial charge on any atom is 0.183 e. The van der Waals surface area contributed by atoms with Crippen molar-refractivity contribution in [1.82, 2.24) is 9.88 Å². The van der Waals surface area contributed by atoms with E-state index in [1.807, 2.05) is 0 Å². The summed E-state index contributed by atoms with van der Waals surface area (Å²) in [5.41, 5.74) is 6.58. The van der Waals surface area contributed by atoms with Crippen molar-refractivity contribution in [3.8, 4) is 11.5 Å². The highest BCUT2D eigenvalue weighted by atomic mass is 16.5. The summed E-state index contributed by atoms with van der Waals surface area (Å²) >= 11 is 0. The van der Waals surface area contributed by atoms with E-state index in [2.05, 4.69) is 23.7 Å². The topological polar surface area (TPSA) is 60.6 Å². The molecule has 0 spiro atoms. The zero-order chi connectivity index (χ0) is 14.3. The summed E-state index contributed by atoms with van der Waals surface area (Å²) in [4.78, 5) is 6.71. The van der Waals surface area contributed by atoms with Gasteiger partial charge in [0.15, 0.2) is 11.5 Å². The standard InChI is InChI=1S/C14H25N3O2/c1-5-17(9-11(2)8-15)10-12-14(19-4)13(18-3)6-7-16-12/h6-7,11H,5,8-10,15H2,1-4H3. The molecule has 0 fully saturated rings. The van der Waals surface area contributed by atoms with E-state index in [4.69, 9.17) is 15.2 Å². The Morgan fingerprint density at radius 1 is 1.37 bits per heavy atom. The minimum absolute atomic E-state index is 0.469. The van der Waals surface area contributed by atoms with Gasteiger partial charge in [0.25, 0.3) is 0 Å². The van der Waals surface area contributed by atoms with Crippen LogP contribution in [0.15, 0.2) is 12.3 Å². The van der Waals surface area contributed by atoms with E-state index < -0.39 is 0 Å². The van der Waals surface area contributed by atoms with Gasteiger partial charge in [-0.3, -0.25) is 9.88 Å². The molecular formula is C14H25N3O2. The molecule has 0 bridgehead atoms. The number of hydrogen-bond donors (Lipinski definition) is 1. The molecule has 19 heavy (non-hydrogen) atoms. The summed E-state index contributed by atoms with van der Waals surface area (Å²) < 4.78 is 10.7. The molecule has 1 rings (SSSR count). The van der Waals surface area contributed by atoms with Crippen molar-refractivity contribution >= 4 is 0 Å². The van der Waals surface area contributed by atoms with E-state index in [0.717, 1.165) is 31.1 Å². The Morgan fingerprint density at radius 2 is 2.11 bits per heavy atom. The highest BCUT2D eigenvalue weighted by Crippen LogP contribution is 2.29. The molecule has 0 aliphatic rings. The number of nitrogens with two attached hydrogens (primary N) is 1. The van der Waals surface area contributed by atoms with Gasteiger partial charge in [-0.25, -0.2) is 0 Å². The molecule has 0 saturated carbocycles. The van der Waals surface area contributed by atoms with E-state index >= 15 is 0 Å². The van der Waals surface area contributed by atoms with Crippen LogP contribution in [0.5, 0.6) is 11.5 Å². The van der Waals surface area contributed by atoms with Gasteiger partial charge in [-0.15, -0.1) is 0 Å². The van der Waals surface area contributed by atoms with Gasteiger partial charge in [0, 0.05) is 25.4 Å². The molecule has 0 amide bonds. The summed E-state index contributed by atoms with van der Waals surface area (Å²) in [5.74, 6) is 1.90. The Morgan fingerprint density at radius 3 is 2.63 bits per heavy atom. The molecule has 1 heterocycles. The Hall–Kier alpha value is -1.33. The van der Waals surface area contributed by atoms with Crippen LogP contribution >= 0.6 is 0 Å². The molecule has 108 valence electrons. The van der Waals surface area contributed by atoms with Gasteiger partial charge in [0.05, 0.1) is 14.2 Å². The van der Waals surface area contributed by atoms with E-state index in [1.54, 1.807) is 26.5 Å². The maximum absolute atomic E-state index is 5.68. The van der Waals surface area contributed by atoms with Gasteiger partial charge in [0.1, 0.15) is 5.69 Å². The predicted molar refractivity (Wildman–Crippen MR) is 76.5 cm³/mol. The van der Waals surface area contributed by atoms with Crippen LogP contribution in [0.4, 0.5) is 0 Å². The molecule has 1 aromatic heterocycles. The van der Waals surface area contributed by atoms with Crippen LogP contribution in [0.1, 0.15) is 19.5 Å². The van der Waals surface area contributed by atoms with E-state index in [0.29, 0.717) is 18.2 Å². The number of nitrogens with zero attached hydrogens (tertiary/aromatic N) is 2. The molecule has 0 saturated heterocycles. The summed E-state index contributed by atoms with van der Waals surface area (Å²) in [6.45, 7) is 7.62. The molecule has 0 radical (unpaired) electrons. The average Bonchev–Trinajstić information content (AvgIpc) is 2.45. The number of rotatable bonds is 8. The number of aromatic nitrogens is 1. The summed E-state index contributed by atoms with van der Waals surface area (Å²) in [6, 6.07) is 1.81.